The standard InChI is InChI=1S/C24H25NO5/c1-5-28-21-13-22-20(16(4)14-30-22)12-19(21)15(3)11-23(26)25-18-9-7-17(8-10-18)24(27)29-6-2/h7-14H,5-6H2,1-4H3,(H,25,26)/b15-11+. The molecule has 0 unspecified atom stereocenters. The Morgan fingerprint density at radius 1 is 1.10 bits per heavy atom. The fourth-order valence-corrected chi connectivity index (χ4v) is 3.12. The molecule has 3 aromatic rings. The van der Waals surface area contributed by atoms with Crippen molar-refractivity contribution in [3.05, 3.63) is 65.4 Å². The van der Waals surface area contributed by atoms with Gasteiger partial charge < -0.3 is 19.2 Å². The fourth-order valence-electron chi connectivity index (χ4n) is 3.12. The highest BCUT2D eigenvalue weighted by Gasteiger charge is 2.13. The monoisotopic (exact) mass is 407 g/mol. The number of nitrogens with one attached hydrogen (secondary N) is 1. The van der Waals surface area contributed by atoms with Gasteiger partial charge in [-0.25, -0.2) is 4.79 Å². The topological polar surface area (TPSA) is 77.8 Å². The van der Waals surface area contributed by atoms with Crippen molar-refractivity contribution in [1.29, 1.82) is 0 Å². The Hall–Kier alpha value is -3.54. The second-order valence-corrected chi connectivity index (χ2v) is 6.81. The summed E-state index contributed by atoms with van der Waals surface area (Å²) in [6.07, 6.45) is 3.23. The highest BCUT2D eigenvalue weighted by Crippen LogP contribution is 2.33. The molecule has 0 saturated carbocycles. The van der Waals surface area contributed by atoms with Gasteiger partial charge in [-0.2, -0.15) is 0 Å². The molecule has 0 bridgehead atoms. The van der Waals surface area contributed by atoms with Gasteiger partial charge in [-0.15, -0.1) is 0 Å². The largest absolute Gasteiger partial charge is 0.493 e. The van der Waals surface area contributed by atoms with Crippen LogP contribution in [0.2, 0.25) is 0 Å². The van der Waals surface area contributed by atoms with E-state index in [1.165, 1.54) is 6.08 Å². The van der Waals surface area contributed by atoms with Gasteiger partial charge in [0.2, 0.25) is 5.91 Å². The number of aryl methyl sites for hydroxylation is 1. The van der Waals surface area contributed by atoms with Crippen LogP contribution in [0.15, 0.2) is 53.2 Å². The van der Waals surface area contributed by atoms with E-state index < -0.39 is 0 Å². The number of fused-ring (bicyclic) bond motifs is 1. The van der Waals surface area contributed by atoms with Gasteiger partial charge in [0.05, 0.1) is 25.0 Å². The molecular formula is C24H25NO5. The molecule has 2 aromatic carbocycles. The maximum absolute atomic E-state index is 12.5. The molecule has 0 aliphatic rings. The van der Waals surface area contributed by atoms with Crippen LogP contribution in [0, 0.1) is 6.92 Å². The van der Waals surface area contributed by atoms with Crippen LogP contribution in [0.5, 0.6) is 5.75 Å². The molecule has 1 amide bonds. The third kappa shape index (κ3) is 4.71. The van der Waals surface area contributed by atoms with Crippen LogP contribution in [-0.2, 0) is 9.53 Å². The maximum atomic E-state index is 12.5. The second kappa shape index (κ2) is 9.31. The number of hydrogen-bond acceptors (Lipinski definition) is 5. The van der Waals surface area contributed by atoms with E-state index in [0.29, 0.717) is 30.2 Å². The molecule has 0 aliphatic carbocycles. The van der Waals surface area contributed by atoms with Crippen molar-refractivity contribution in [2.24, 2.45) is 0 Å². The van der Waals surface area contributed by atoms with Crippen LogP contribution in [0.25, 0.3) is 16.5 Å². The van der Waals surface area contributed by atoms with Gasteiger partial charge in [-0.1, -0.05) is 0 Å². The summed E-state index contributed by atoms with van der Waals surface area (Å²) in [5, 5.41) is 3.79. The van der Waals surface area contributed by atoms with Crippen molar-refractivity contribution in [2.45, 2.75) is 27.7 Å². The first-order valence-electron chi connectivity index (χ1n) is 9.84. The molecule has 1 aromatic heterocycles. The number of hydrogen-bond donors (Lipinski definition) is 1. The van der Waals surface area contributed by atoms with Crippen molar-refractivity contribution >= 4 is 34.1 Å². The number of ether oxygens (including phenoxy) is 2. The third-order valence-electron chi connectivity index (χ3n) is 4.61. The van der Waals surface area contributed by atoms with Crippen LogP contribution >= 0.6 is 0 Å². The molecule has 0 saturated heterocycles. The quantitative estimate of drug-likeness (QED) is 0.421. The van der Waals surface area contributed by atoms with Crippen molar-refractivity contribution in [2.75, 3.05) is 18.5 Å². The summed E-state index contributed by atoms with van der Waals surface area (Å²) < 4.78 is 16.3. The van der Waals surface area contributed by atoms with Crippen molar-refractivity contribution in [1.82, 2.24) is 0 Å². The van der Waals surface area contributed by atoms with Crippen molar-refractivity contribution in [3.63, 3.8) is 0 Å². The first-order valence-corrected chi connectivity index (χ1v) is 9.84. The lowest BCUT2D eigenvalue weighted by Gasteiger charge is -2.11. The van der Waals surface area contributed by atoms with E-state index in [-0.39, 0.29) is 11.9 Å². The first kappa shape index (κ1) is 21.2. The highest BCUT2D eigenvalue weighted by atomic mass is 16.5. The third-order valence-corrected chi connectivity index (χ3v) is 4.61. The van der Waals surface area contributed by atoms with Crippen LogP contribution in [0.3, 0.4) is 0 Å². The van der Waals surface area contributed by atoms with Gasteiger partial charge >= 0.3 is 5.97 Å². The van der Waals surface area contributed by atoms with Gasteiger partial charge in [-0.05, 0) is 69.2 Å². The zero-order chi connectivity index (χ0) is 21.7. The Labute approximate surface area is 175 Å². The zero-order valence-electron chi connectivity index (χ0n) is 17.6. The summed E-state index contributed by atoms with van der Waals surface area (Å²) in [6, 6.07) is 10.4. The lowest BCUT2D eigenvalue weighted by molar-refractivity contribution is -0.111. The molecule has 6 heteroatoms. The number of amides is 1. The summed E-state index contributed by atoms with van der Waals surface area (Å²) in [5.74, 6) is 0.00189. The van der Waals surface area contributed by atoms with E-state index in [2.05, 4.69) is 5.32 Å². The first-order chi connectivity index (χ1) is 14.4. The van der Waals surface area contributed by atoms with Crippen molar-refractivity contribution < 1.29 is 23.5 Å². The summed E-state index contributed by atoms with van der Waals surface area (Å²) in [5.41, 5.74) is 4.39. The minimum absolute atomic E-state index is 0.275. The Balaban J connectivity index is 1.81. The number of rotatable bonds is 7. The van der Waals surface area contributed by atoms with Gasteiger partial charge in [-0.3, -0.25) is 4.79 Å². The van der Waals surface area contributed by atoms with Crippen LogP contribution in [0.1, 0.15) is 42.3 Å². The van der Waals surface area contributed by atoms with Crippen molar-refractivity contribution in [3.8, 4) is 5.75 Å². The van der Waals surface area contributed by atoms with E-state index in [0.717, 1.165) is 27.7 Å². The van der Waals surface area contributed by atoms with E-state index in [9.17, 15) is 9.59 Å². The summed E-state index contributed by atoms with van der Waals surface area (Å²) in [6.45, 7) is 8.32. The normalized spacial score (nSPS) is 11.4. The summed E-state index contributed by atoms with van der Waals surface area (Å²) >= 11 is 0. The molecule has 0 radical (unpaired) electrons. The Bertz CT molecular complexity index is 1090. The molecule has 0 aliphatic heterocycles. The lowest BCUT2D eigenvalue weighted by Crippen LogP contribution is -2.09. The molecule has 6 nitrogen and oxygen atoms in total. The predicted octanol–water partition coefficient (Wildman–Crippen LogP) is 5.36. The smallest absolute Gasteiger partial charge is 0.338 e. The summed E-state index contributed by atoms with van der Waals surface area (Å²) in [4.78, 5) is 24.3. The van der Waals surface area contributed by atoms with E-state index >= 15 is 0 Å². The Kier molecular flexibility index (Phi) is 6.57. The van der Waals surface area contributed by atoms with E-state index in [4.69, 9.17) is 13.9 Å². The number of anilines is 1. The number of carbonyl (C=O) groups excluding carboxylic acids is 2. The van der Waals surface area contributed by atoms with E-state index in [1.807, 2.05) is 32.9 Å². The molecule has 30 heavy (non-hydrogen) atoms. The predicted molar refractivity (Wildman–Crippen MR) is 117 cm³/mol. The molecule has 0 fully saturated rings. The number of esters is 1. The minimum atomic E-state index is -0.389. The lowest BCUT2D eigenvalue weighted by atomic mass is 10.0. The van der Waals surface area contributed by atoms with Gasteiger partial charge in [0.25, 0.3) is 0 Å². The van der Waals surface area contributed by atoms with E-state index in [1.54, 1.807) is 37.5 Å². The van der Waals surface area contributed by atoms with Gasteiger partial charge in [0.1, 0.15) is 11.3 Å². The Morgan fingerprint density at radius 2 is 1.83 bits per heavy atom. The number of furan rings is 1. The molecule has 0 atom stereocenters. The molecule has 1 N–H and O–H groups in total. The number of allylic oxidation sites excluding steroid dienone is 1. The summed E-state index contributed by atoms with van der Waals surface area (Å²) in [7, 11) is 0. The maximum Gasteiger partial charge on any atom is 0.338 e. The highest BCUT2D eigenvalue weighted by molar-refractivity contribution is 6.05. The SMILES string of the molecule is CCOC(=O)c1ccc(NC(=O)/C=C(\C)c2cc3c(C)coc3cc2OCC)cc1. The molecular weight excluding hydrogens is 382 g/mol. The number of benzene rings is 2. The molecule has 0 spiro atoms. The number of carbonyl (C=O) groups is 2. The molecule has 1 heterocycles. The average molecular weight is 407 g/mol. The second-order valence-electron chi connectivity index (χ2n) is 6.81. The molecule has 3 rings (SSSR count). The minimum Gasteiger partial charge on any atom is -0.493 e. The molecule has 156 valence electrons. The average Bonchev–Trinajstić information content (AvgIpc) is 3.08. The van der Waals surface area contributed by atoms with Crippen LogP contribution in [-0.4, -0.2) is 25.1 Å². The fraction of sp³-hybridized carbons (Fsp3) is 0.250. The van der Waals surface area contributed by atoms with Crippen LogP contribution < -0.4 is 10.1 Å². The Morgan fingerprint density at radius 3 is 2.50 bits per heavy atom. The zero-order valence-corrected chi connectivity index (χ0v) is 17.6. The van der Waals surface area contributed by atoms with Crippen LogP contribution in [0.4, 0.5) is 5.69 Å². The van der Waals surface area contributed by atoms with Gasteiger partial charge in [0.15, 0.2) is 0 Å². The van der Waals surface area contributed by atoms with Gasteiger partial charge in [0, 0.05) is 28.8 Å².